The molecular weight excluding hydrogens is 379 g/mol. The first kappa shape index (κ1) is 19.5. The summed E-state index contributed by atoms with van der Waals surface area (Å²) in [7, 11) is 0. The number of aromatic hydroxyl groups is 1. The molecule has 10 heteroatoms. The number of carbonyl (C=O) groups is 2. The van der Waals surface area contributed by atoms with Gasteiger partial charge in [0.15, 0.2) is 0 Å². The highest BCUT2D eigenvalue weighted by Crippen LogP contribution is 2.17. The van der Waals surface area contributed by atoms with Crippen LogP contribution in [0, 0.1) is 17.1 Å². The molecule has 0 saturated carbocycles. The van der Waals surface area contributed by atoms with E-state index in [-0.39, 0.29) is 29.4 Å². The largest absolute Gasteiger partial charge is 0.508 e. The van der Waals surface area contributed by atoms with E-state index in [2.05, 4.69) is 26.2 Å². The smallest absolute Gasteiger partial charge is 0.252 e. The Bertz CT molecular complexity index is 1040. The number of carbonyl (C=O) groups excluding carboxylic acids is 2. The lowest BCUT2D eigenvalue weighted by Gasteiger charge is -2.08. The van der Waals surface area contributed by atoms with Crippen LogP contribution in [0.1, 0.15) is 17.5 Å². The molecule has 29 heavy (non-hydrogen) atoms. The Morgan fingerprint density at radius 1 is 1.34 bits per heavy atom. The number of hydrogen-bond donors (Lipinski definition) is 4. The van der Waals surface area contributed by atoms with Crippen LogP contribution in [0.2, 0.25) is 0 Å². The van der Waals surface area contributed by atoms with Crippen molar-refractivity contribution in [1.82, 2.24) is 10.7 Å². The number of phenolic OH excluding ortho intramolecular Hbond substituents is 1. The number of halogens is 1. The van der Waals surface area contributed by atoms with Gasteiger partial charge in [-0.05, 0) is 48.0 Å². The topological polar surface area (TPSA) is 139 Å². The van der Waals surface area contributed by atoms with Gasteiger partial charge in [0.05, 0.1) is 23.9 Å². The minimum absolute atomic E-state index is 0.0244. The molecule has 0 aliphatic carbocycles. The van der Waals surface area contributed by atoms with Gasteiger partial charge in [-0.1, -0.05) is 0 Å². The molecule has 9 nitrogen and oxygen atoms in total. The molecule has 0 bridgehead atoms. The first-order valence-corrected chi connectivity index (χ1v) is 8.41. The second-order valence-corrected chi connectivity index (χ2v) is 6.00. The van der Waals surface area contributed by atoms with Crippen molar-refractivity contribution in [2.45, 2.75) is 12.5 Å². The normalized spacial score (nSPS) is 15.5. The number of hydrazone groups is 1. The van der Waals surface area contributed by atoms with Crippen LogP contribution in [0.3, 0.4) is 0 Å². The first-order valence-electron chi connectivity index (χ1n) is 8.41. The third-order valence-electron chi connectivity index (χ3n) is 3.86. The summed E-state index contributed by atoms with van der Waals surface area (Å²) in [5, 5.41) is 27.1. The lowest BCUT2D eigenvalue weighted by molar-refractivity contribution is -0.123. The number of rotatable bonds is 5. The van der Waals surface area contributed by atoms with E-state index < -0.39 is 23.7 Å². The van der Waals surface area contributed by atoms with Crippen LogP contribution in [0.4, 0.5) is 10.1 Å². The van der Waals surface area contributed by atoms with Gasteiger partial charge < -0.3 is 10.4 Å². The Morgan fingerprint density at radius 2 is 2.10 bits per heavy atom. The second-order valence-electron chi connectivity index (χ2n) is 6.00. The van der Waals surface area contributed by atoms with E-state index in [0.29, 0.717) is 5.56 Å². The standard InChI is InChI=1S/C19H15FN6O3/c20-13-3-6-15(12(7-13)9-21)23-17(28)8-16-18(29)25-19(24-16)26-22-10-11-1-4-14(27)5-2-11/h1-7,10,16,27H,8H2,(H,23,28)(H2,24,25,26,29)/b22-10+. The van der Waals surface area contributed by atoms with Crippen LogP contribution in [0.5, 0.6) is 5.75 Å². The zero-order valence-corrected chi connectivity index (χ0v) is 14.9. The van der Waals surface area contributed by atoms with Gasteiger partial charge in [0.2, 0.25) is 11.9 Å². The molecule has 1 aliphatic rings. The van der Waals surface area contributed by atoms with Crippen LogP contribution in [0.15, 0.2) is 52.6 Å². The minimum Gasteiger partial charge on any atom is -0.508 e. The fourth-order valence-electron chi connectivity index (χ4n) is 2.47. The lowest BCUT2D eigenvalue weighted by Crippen LogP contribution is -2.35. The molecule has 1 atom stereocenters. The zero-order chi connectivity index (χ0) is 20.8. The molecule has 0 fully saturated rings. The number of amides is 2. The highest BCUT2D eigenvalue weighted by Gasteiger charge is 2.28. The Balaban J connectivity index is 1.57. The van der Waals surface area contributed by atoms with Crippen LogP contribution in [0.25, 0.3) is 0 Å². The first-order chi connectivity index (χ1) is 13.9. The maximum Gasteiger partial charge on any atom is 0.252 e. The van der Waals surface area contributed by atoms with Gasteiger partial charge in [-0.2, -0.15) is 10.4 Å². The quantitative estimate of drug-likeness (QED) is 0.446. The molecule has 1 heterocycles. The summed E-state index contributed by atoms with van der Waals surface area (Å²) in [4.78, 5) is 28.2. The lowest BCUT2D eigenvalue weighted by atomic mass is 10.1. The van der Waals surface area contributed by atoms with Crippen LogP contribution in [-0.2, 0) is 9.59 Å². The summed E-state index contributed by atoms with van der Waals surface area (Å²) in [6.07, 6.45) is 1.20. The molecule has 2 amide bonds. The fourth-order valence-corrected chi connectivity index (χ4v) is 2.47. The van der Waals surface area contributed by atoms with Crippen molar-refractivity contribution in [3.05, 3.63) is 59.4 Å². The third-order valence-corrected chi connectivity index (χ3v) is 3.86. The monoisotopic (exact) mass is 394 g/mol. The summed E-state index contributed by atoms with van der Waals surface area (Å²) < 4.78 is 13.2. The summed E-state index contributed by atoms with van der Waals surface area (Å²) in [6, 6.07) is 10.5. The van der Waals surface area contributed by atoms with Gasteiger partial charge in [-0.25, -0.2) is 14.8 Å². The zero-order valence-electron chi connectivity index (χ0n) is 14.9. The molecule has 2 aromatic carbocycles. The maximum absolute atomic E-state index is 13.2. The SMILES string of the molecule is N#Cc1cc(F)ccc1NC(=O)CC1N=C(N/N=C/c2ccc(O)cc2)NC1=O. The number of phenols is 1. The molecular formula is C19H15FN6O3. The molecule has 146 valence electrons. The van der Waals surface area contributed by atoms with Gasteiger partial charge >= 0.3 is 0 Å². The van der Waals surface area contributed by atoms with E-state index in [1.807, 2.05) is 0 Å². The van der Waals surface area contributed by atoms with Gasteiger partial charge in [0.25, 0.3) is 5.91 Å². The molecule has 2 aromatic rings. The Morgan fingerprint density at radius 3 is 2.83 bits per heavy atom. The van der Waals surface area contributed by atoms with Crippen molar-refractivity contribution >= 4 is 29.7 Å². The highest BCUT2D eigenvalue weighted by atomic mass is 19.1. The van der Waals surface area contributed by atoms with Gasteiger partial charge in [-0.15, -0.1) is 0 Å². The number of anilines is 1. The number of hydrogen-bond acceptors (Lipinski definition) is 7. The minimum atomic E-state index is -0.965. The molecule has 0 radical (unpaired) electrons. The van der Waals surface area contributed by atoms with Gasteiger partial charge in [0, 0.05) is 0 Å². The number of benzene rings is 2. The van der Waals surface area contributed by atoms with Crippen molar-refractivity contribution in [2.75, 3.05) is 5.32 Å². The molecule has 0 saturated heterocycles. The average molecular weight is 394 g/mol. The number of nitrogens with zero attached hydrogens (tertiary/aromatic N) is 3. The van der Waals surface area contributed by atoms with E-state index >= 15 is 0 Å². The van der Waals surface area contributed by atoms with Crippen LogP contribution >= 0.6 is 0 Å². The third kappa shape index (κ3) is 5.14. The maximum atomic E-state index is 13.2. The molecule has 4 N–H and O–H groups in total. The van der Waals surface area contributed by atoms with E-state index in [0.717, 1.165) is 12.1 Å². The average Bonchev–Trinajstić information content (AvgIpc) is 3.03. The molecule has 0 aromatic heterocycles. The van der Waals surface area contributed by atoms with Crippen LogP contribution < -0.4 is 16.1 Å². The molecule has 3 rings (SSSR count). The van der Waals surface area contributed by atoms with E-state index in [4.69, 9.17) is 5.26 Å². The molecule has 1 aliphatic heterocycles. The summed E-state index contributed by atoms with van der Waals surface area (Å²) in [5.74, 6) is -1.41. The Kier molecular flexibility index (Phi) is 5.80. The molecule has 1 unspecified atom stereocenters. The summed E-state index contributed by atoms with van der Waals surface area (Å²) in [6.45, 7) is 0. The van der Waals surface area contributed by atoms with Crippen molar-refractivity contribution < 1.29 is 19.1 Å². The predicted molar refractivity (Wildman–Crippen MR) is 103 cm³/mol. The summed E-state index contributed by atoms with van der Waals surface area (Å²) >= 11 is 0. The Hall–Kier alpha value is -4.26. The van der Waals surface area contributed by atoms with Crippen LogP contribution in [-0.4, -0.2) is 35.1 Å². The Labute approximate surface area is 164 Å². The molecule has 0 spiro atoms. The van der Waals surface area contributed by atoms with Crippen molar-refractivity contribution in [2.24, 2.45) is 10.1 Å². The number of aliphatic imine (C=N–C) groups is 1. The number of nitriles is 1. The fraction of sp³-hybridized carbons (Fsp3) is 0.105. The number of guanidine groups is 1. The second kappa shape index (κ2) is 8.62. The highest BCUT2D eigenvalue weighted by molar-refractivity contribution is 6.07. The van der Waals surface area contributed by atoms with E-state index in [1.165, 1.54) is 24.4 Å². The number of nitrogens with one attached hydrogen (secondary N) is 3. The summed E-state index contributed by atoms with van der Waals surface area (Å²) in [5.41, 5.74) is 3.40. The van der Waals surface area contributed by atoms with Crippen molar-refractivity contribution in [3.63, 3.8) is 0 Å². The van der Waals surface area contributed by atoms with Crippen molar-refractivity contribution in [1.29, 1.82) is 5.26 Å². The van der Waals surface area contributed by atoms with Gasteiger partial charge in [0.1, 0.15) is 23.7 Å². The predicted octanol–water partition coefficient (Wildman–Crippen LogP) is 1.21. The van der Waals surface area contributed by atoms with E-state index in [1.54, 1.807) is 18.2 Å². The van der Waals surface area contributed by atoms with Gasteiger partial charge in [-0.3, -0.25) is 14.9 Å². The van der Waals surface area contributed by atoms with E-state index in [9.17, 15) is 19.1 Å². The van der Waals surface area contributed by atoms with Crippen molar-refractivity contribution in [3.8, 4) is 11.8 Å².